The summed E-state index contributed by atoms with van der Waals surface area (Å²) in [6.45, 7) is 7.87. The van der Waals surface area contributed by atoms with Crippen molar-refractivity contribution in [3.8, 4) is 0 Å². The van der Waals surface area contributed by atoms with E-state index in [1.165, 1.54) is 6.42 Å². The van der Waals surface area contributed by atoms with E-state index in [0.29, 0.717) is 6.61 Å². The van der Waals surface area contributed by atoms with Crippen LogP contribution in [-0.4, -0.2) is 29.9 Å². The van der Waals surface area contributed by atoms with E-state index in [0.717, 1.165) is 49.0 Å². The number of rotatable bonds is 10. The van der Waals surface area contributed by atoms with Crippen molar-refractivity contribution in [2.75, 3.05) is 19.7 Å². The summed E-state index contributed by atoms with van der Waals surface area (Å²) in [6.07, 6.45) is 4.39. The third kappa shape index (κ3) is 6.71. The molecule has 4 nitrogen and oxygen atoms in total. The summed E-state index contributed by atoms with van der Waals surface area (Å²) in [7, 11) is 0. The topological polar surface area (TPSA) is 47.0 Å². The van der Waals surface area contributed by atoms with Crippen LogP contribution in [-0.2, 0) is 17.8 Å². The van der Waals surface area contributed by atoms with Gasteiger partial charge in [-0.2, -0.15) is 0 Å². The van der Waals surface area contributed by atoms with Gasteiger partial charge in [-0.05, 0) is 32.4 Å². The average molecular weight is 257 g/mol. The fourth-order valence-electron chi connectivity index (χ4n) is 1.42. The Morgan fingerprint density at radius 1 is 1.12 bits per heavy atom. The minimum Gasteiger partial charge on any atom is -0.374 e. The van der Waals surface area contributed by atoms with Crippen LogP contribution in [0.2, 0.25) is 0 Å². The van der Waals surface area contributed by atoms with Crippen LogP contribution in [0, 0.1) is 0 Å². The van der Waals surface area contributed by atoms with Gasteiger partial charge < -0.3 is 10.1 Å². The standard InChI is InChI=1S/C12H23N3OS/c1-3-7-13-8-5-6-11-14-15-12(17-11)10-16-9-4-2/h13H,3-10H2,1-2H3. The lowest BCUT2D eigenvalue weighted by Crippen LogP contribution is -2.16. The first-order valence-electron chi connectivity index (χ1n) is 6.46. The fraction of sp³-hybridized carbons (Fsp3) is 0.833. The SMILES string of the molecule is CCCNCCCc1nnc(COCCC)s1. The van der Waals surface area contributed by atoms with Crippen molar-refractivity contribution in [3.05, 3.63) is 10.0 Å². The maximum Gasteiger partial charge on any atom is 0.143 e. The molecule has 0 amide bonds. The first-order chi connectivity index (χ1) is 8.36. The van der Waals surface area contributed by atoms with Gasteiger partial charge in [0.2, 0.25) is 0 Å². The Balaban J connectivity index is 2.12. The van der Waals surface area contributed by atoms with Gasteiger partial charge in [0.1, 0.15) is 16.6 Å². The van der Waals surface area contributed by atoms with Crippen molar-refractivity contribution in [2.45, 2.75) is 46.1 Å². The second-order valence-corrected chi connectivity index (χ2v) is 5.14. The Kier molecular flexibility index (Phi) is 8.13. The molecule has 0 bridgehead atoms. The second kappa shape index (κ2) is 9.50. The molecule has 1 aromatic rings. The molecule has 0 spiro atoms. The molecule has 0 unspecified atom stereocenters. The number of nitrogens with one attached hydrogen (secondary N) is 1. The first-order valence-corrected chi connectivity index (χ1v) is 7.28. The van der Waals surface area contributed by atoms with Crippen LogP contribution in [0.3, 0.4) is 0 Å². The number of aromatic nitrogens is 2. The summed E-state index contributed by atoms with van der Waals surface area (Å²) < 4.78 is 5.44. The largest absolute Gasteiger partial charge is 0.374 e. The van der Waals surface area contributed by atoms with Gasteiger partial charge in [-0.15, -0.1) is 10.2 Å². The molecule has 0 aromatic carbocycles. The molecule has 1 N–H and O–H groups in total. The van der Waals surface area contributed by atoms with Gasteiger partial charge in [0, 0.05) is 13.0 Å². The van der Waals surface area contributed by atoms with Gasteiger partial charge in [0.15, 0.2) is 0 Å². The molecule has 0 atom stereocenters. The highest BCUT2D eigenvalue weighted by atomic mass is 32.1. The van der Waals surface area contributed by atoms with Crippen LogP contribution in [0.15, 0.2) is 0 Å². The lowest BCUT2D eigenvalue weighted by atomic mass is 10.3. The molecule has 0 saturated carbocycles. The molecule has 1 heterocycles. The van der Waals surface area contributed by atoms with Gasteiger partial charge in [-0.3, -0.25) is 0 Å². The van der Waals surface area contributed by atoms with E-state index in [1.807, 2.05) is 0 Å². The Labute approximate surface area is 108 Å². The summed E-state index contributed by atoms with van der Waals surface area (Å²) >= 11 is 1.67. The van der Waals surface area contributed by atoms with Gasteiger partial charge in [-0.25, -0.2) is 0 Å². The minimum absolute atomic E-state index is 0.611. The third-order valence-electron chi connectivity index (χ3n) is 2.25. The minimum atomic E-state index is 0.611. The van der Waals surface area contributed by atoms with Crippen molar-refractivity contribution in [1.29, 1.82) is 0 Å². The average Bonchev–Trinajstić information content (AvgIpc) is 2.77. The zero-order chi connectivity index (χ0) is 12.3. The zero-order valence-corrected chi connectivity index (χ0v) is 11.7. The molecule has 0 aliphatic rings. The molecule has 98 valence electrons. The molecule has 0 saturated heterocycles. The van der Waals surface area contributed by atoms with Crippen LogP contribution in [0.25, 0.3) is 0 Å². The fourth-order valence-corrected chi connectivity index (χ4v) is 2.24. The van der Waals surface area contributed by atoms with Crippen LogP contribution < -0.4 is 5.32 Å². The van der Waals surface area contributed by atoms with E-state index >= 15 is 0 Å². The van der Waals surface area contributed by atoms with Crippen LogP contribution >= 0.6 is 11.3 Å². The van der Waals surface area contributed by atoms with Crippen LogP contribution in [0.4, 0.5) is 0 Å². The maximum atomic E-state index is 5.44. The third-order valence-corrected chi connectivity index (χ3v) is 3.21. The van der Waals surface area contributed by atoms with E-state index in [4.69, 9.17) is 4.74 Å². The molecule has 0 fully saturated rings. The summed E-state index contributed by atoms with van der Waals surface area (Å²) in [4.78, 5) is 0. The lowest BCUT2D eigenvalue weighted by Gasteiger charge is -2.00. The van der Waals surface area contributed by atoms with Gasteiger partial charge in [0.25, 0.3) is 0 Å². The smallest absolute Gasteiger partial charge is 0.143 e. The number of hydrogen-bond donors (Lipinski definition) is 1. The van der Waals surface area contributed by atoms with E-state index < -0.39 is 0 Å². The lowest BCUT2D eigenvalue weighted by molar-refractivity contribution is 0.121. The highest BCUT2D eigenvalue weighted by Gasteiger charge is 2.03. The normalized spacial score (nSPS) is 10.9. The van der Waals surface area contributed by atoms with Crippen molar-refractivity contribution in [3.63, 3.8) is 0 Å². The molecule has 0 aliphatic heterocycles. The maximum absolute atomic E-state index is 5.44. The van der Waals surface area contributed by atoms with E-state index in [2.05, 4.69) is 29.4 Å². The number of hydrogen-bond acceptors (Lipinski definition) is 5. The predicted molar refractivity (Wildman–Crippen MR) is 71.3 cm³/mol. The number of ether oxygens (including phenoxy) is 1. The molecule has 0 aliphatic carbocycles. The van der Waals surface area contributed by atoms with E-state index in [-0.39, 0.29) is 0 Å². The van der Waals surface area contributed by atoms with Crippen molar-refractivity contribution in [2.24, 2.45) is 0 Å². The summed E-state index contributed by atoms with van der Waals surface area (Å²) in [5.74, 6) is 0. The van der Waals surface area contributed by atoms with Gasteiger partial charge in [0.05, 0.1) is 0 Å². The van der Waals surface area contributed by atoms with E-state index in [1.54, 1.807) is 11.3 Å². The van der Waals surface area contributed by atoms with Gasteiger partial charge in [-0.1, -0.05) is 25.2 Å². The molecule has 5 heteroatoms. The monoisotopic (exact) mass is 257 g/mol. The number of nitrogens with zero attached hydrogens (tertiary/aromatic N) is 2. The van der Waals surface area contributed by atoms with Crippen LogP contribution in [0.1, 0.15) is 43.1 Å². The summed E-state index contributed by atoms with van der Waals surface area (Å²) in [5, 5.41) is 13.8. The molecular weight excluding hydrogens is 234 g/mol. The Hall–Kier alpha value is -0.520. The first kappa shape index (κ1) is 14.5. The molecule has 1 aromatic heterocycles. The van der Waals surface area contributed by atoms with Crippen molar-refractivity contribution < 1.29 is 4.74 Å². The Morgan fingerprint density at radius 2 is 1.94 bits per heavy atom. The highest BCUT2D eigenvalue weighted by molar-refractivity contribution is 7.11. The molecule has 17 heavy (non-hydrogen) atoms. The van der Waals surface area contributed by atoms with E-state index in [9.17, 15) is 0 Å². The second-order valence-electron chi connectivity index (χ2n) is 4.00. The predicted octanol–water partition coefficient (Wildman–Crippen LogP) is 2.40. The molecular formula is C12H23N3OS. The van der Waals surface area contributed by atoms with Crippen molar-refractivity contribution >= 4 is 11.3 Å². The van der Waals surface area contributed by atoms with Crippen LogP contribution in [0.5, 0.6) is 0 Å². The van der Waals surface area contributed by atoms with Crippen molar-refractivity contribution in [1.82, 2.24) is 15.5 Å². The van der Waals surface area contributed by atoms with Gasteiger partial charge >= 0.3 is 0 Å². The summed E-state index contributed by atoms with van der Waals surface area (Å²) in [6, 6.07) is 0. The zero-order valence-electron chi connectivity index (χ0n) is 10.9. The Bertz CT molecular complexity index is 291. The quantitative estimate of drug-likeness (QED) is 0.654. The summed E-state index contributed by atoms with van der Waals surface area (Å²) in [5.41, 5.74) is 0. The highest BCUT2D eigenvalue weighted by Crippen LogP contribution is 2.12. The molecule has 0 radical (unpaired) electrons. The number of aryl methyl sites for hydroxylation is 1. The molecule has 1 rings (SSSR count). The Morgan fingerprint density at radius 3 is 2.71 bits per heavy atom.